The number of ketones is 1. The van der Waals surface area contributed by atoms with E-state index < -0.39 is 0 Å². The van der Waals surface area contributed by atoms with Gasteiger partial charge in [0.25, 0.3) is 0 Å². The van der Waals surface area contributed by atoms with Gasteiger partial charge in [0.1, 0.15) is 0 Å². The first-order valence-corrected chi connectivity index (χ1v) is 5.91. The minimum absolute atomic E-state index is 0.141. The zero-order chi connectivity index (χ0) is 11.7. The minimum Gasteiger partial charge on any atom is -0.316 e. The monoisotopic (exact) mass is 217 g/mol. The highest BCUT2D eigenvalue weighted by molar-refractivity contribution is 5.98. The zero-order valence-corrected chi connectivity index (χ0v) is 10.2. The van der Waals surface area contributed by atoms with E-state index >= 15 is 0 Å². The summed E-state index contributed by atoms with van der Waals surface area (Å²) in [6, 6.07) is 6.10. The number of hydrogen-bond acceptors (Lipinski definition) is 2. The molecule has 0 amide bonds. The van der Waals surface area contributed by atoms with Gasteiger partial charge >= 0.3 is 0 Å². The van der Waals surface area contributed by atoms with Gasteiger partial charge in [-0.15, -0.1) is 0 Å². The smallest absolute Gasteiger partial charge is 0.166 e. The van der Waals surface area contributed by atoms with Crippen LogP contribution in [0.3, 0.4) is 0 Å². The Hall–Kier alpha value is -1.15. The predicted octanol–water partition coefficient (Wildman–Crippen LogP) is 2.34. The van der Waals surface area contributed by atoms with Crippen molar-refractivity contribution < 1.29 is 4.79 Å². The molecule has 1 heterocycles. The SMILES string of the molecule is Cc1cc(C)cc(C(=O)C(C)C2CNC2)c1. The molecule has 0 saturated carbocycles. The molecule has 1 saturated heterocycles. The van der Waals surface area contributed by atoms with Gasteiger partial charge in [0.15, 0.2) is 5.78 Å². The Kier molecular flexibility index (Phi) is 3.10. The van der Waals surface area contributed by atoms with E-state index in [1.807, 2.05) is 32.9 Å². The van der Waals surface area contributed by atoms with Crippen LogP contribution in [0.2, 0.25) is 0 Å². The molecule has 1 unspecified atom stereocenters. The largest absolute Gasteiger partial charge is 0.316 e. The molecule has 2 rings (SSSR count). The van der Waals surface area contributed by atoms with E-state index in [0.717, 1.165) is 18.7 Å². The predicted molar refractivity (Wildman–Crippen MR) is 65.8 cm³/mol. The number of hydrogen-bond donors (Lipinski definition) is 1. The van der Waals surface area contributed by atoms with Crippen LogP contribution in [0, 0.1) is 25.7 Å². The molecule has 0 aliphatic carbocycles. The Balaban J connectivity index is 2.19. The molecule has 1 N–H and O–H groups in total. The zero-order valence-electron chi connectivity index (χ0n) is 10.2. The van der Waals surface area contributed by atoms with Crippen molar-refractivity contribution in [3.8, 4) is 0 Å². The van der Waals surface area contributed by atoms with Crippen LogP contribution >= 0.6 is 0 Å². The first-order valence-electron chi connectivity index (χ1n) is 5.91. The molecule has 1 aliphatic rings. The summed E-state index contributed by atoms with van der Waals surface area (Å²) in [6.07, 6.45) is 0. The highest BCUT2D eigenvalue weighted by Gasteiger charge is 2.29. The Bertz CT molecular complexity index is 387. The molecule has 2 nitrogen and oxygen atoms in total. The molecule has 86 valence electrons. The summed E-state index contributed by atoms with van der Waals surface area (Å²) in [5, 5.41) is 3.22. The standard InChI is InChI=1S/C14H19NO/c1-9-4-10(2)6-12(5-9)14(16)11(3)13-7-15-8-13/h4-6,11,13,15H,7-8H2,1-3H3. The maximum atomic E-state index is 12.3. The van der Waals surface area contributed by atoms with Crippen molar-refractivity contribution in [2.24, 2.45) is 11.8 Å². The topological polar surface area (TPSA) is 29.1 Å². The van der Waals surface area contributed by atoms with Gasteiger partial charge in [0, 0.05) is 11.5 Å². The Morgan fingerprint density at radius 2 is 1.81 bits per heavy atom. The molecule has 0 radical (unpaired) electrons. The highest BCUT2D eigenvalue weighted by Crippen LogP contribution is 2.21. The lowest BCUT2D eigenvalue weighted by Gasteiger charge is -2.31. The molecule has 0 spiro atoms. The van der Waals surface area contributed by atoms with E-state index in [9.17, 15) is 4.79 Å². The average Bonchev–Trinajstić information content (AvgIpc) is 2.12. The summed E-state index contributed by atoms with van der Waals surface area (Å²) in [5.41, 5.74) is 3.21. The van der Waals surface area contributed by atoms with Crippen LogP contribution in [0.1, 0.15) is 28.4 Å². The van der Waals surface area contributed by atoms with Crippen LogP contribution in [-0.2, 0) is 0 Å². The number of Topliss-reactive ketones (excluding diaryl/α,β-unsaturated/α-hetero) is 1. The third-order valence-electron chi connectivity index (χ3n) is 3.44. The van der Waals surface area contributed by atoms with Crippen molar-refractivity contribution in [3.63, 3.8) is 0 Å². The average molecular weight is 217 g/mol. The molecular weight excluding hydrogens is 198 g/mol. The van der Waals surface area contributed by atoms with Crippen LogP contribution in [0.25, 0.3) is 0 Å². The van der Waals surface area contributed by atoms with Crippen molar-refractivity contribution >= 4 is 5.78 Å². The van der Waals surface area contributed by atoms with Gasteiger partial charge in [-0.3, -0.25) is 4.79 Å². The van der Waals surface area contributed by atoms with Gasteiger partial charge in [-0.1, -0.05) is 24.1 Å². The van der Waals surface area contributed by atoms with E-state index in [2.05, 4.69) is 11.4 Å². The fourth-order valence-corrected chi connectivity index (χ4v) is 2.26. The Labute approximate surface area is 97.1 Å². The minimum atomic E-state index is 0.141. The van der Waals surface area contributed by atoms with E-state index in [-0.39, 0.29) is 5.92 Å². The normalized spacial score (nSPS) is 17.9. The van der Waals surface area contributed by atoms with Gasteiger partial charge in [0.05, 0.1) is 0 Å². The lowest BCUT2D eigenvalue weighted by Crippen LogP contribution is -2.47. The molecule has 1 aromatic rings. The third kappa shape index (κ3) is 2.17. The van der Waals surface area contributed by atoms with Gasteiger partial charge in [-0.05, 0) is 45.0 Å². The summed E-state index contributed by atoms with van der Waals surface area (Å²) in [4.78, 5) is 12.3. The number of aryl methyl sites for hydroxylation is 2. The van der Waals surface area contributed by atoms with Crippen molar-refractivity contribution in [2.75, 3.05) is 13.1 Å². The molecule has 2 heteroatoms. The first-order chi connectivity index (χ1) is 7.58. The van der Waals surface area contributed by atoms with Crippen molar-refractivity contribution in [2.45, 2.75) is 20.8 Å². The molecule has 1 aromatic carbocycles. The molecule has 16 heavy (non-hydrogen) atoms. The van der Waals surface area contributed by atoms with E-state index in [0.29, 0.717) is 11.7 Å². The lowest BCUT2D eigenvalue weighted by molar-refractivity contribution is 0.0854. The molecule has 1 atom stereocenters. The number of carbonyl (C=O) groups is 1. The second-order valence-electron chi connectivity index (χ2n) is 4.95. The van der Waals surface area contributed by atoms with Gasteiger partial charge in [0.2, 0.25) is 0 Å². The van der Waals surface area contributed by atoms with Crippen LogP contribution < -0.4 is 5.32 Å². The summed E-state index contributed by atoms with van der Waals surface area (Å²) < 4.78 is 0. The summed E-state index contributed by atoms with van der Waals surface area (Å²) in [5.74, 6) is 0.953. The quantitative estimate of drug-likeness (QED) is 0.787. The molecule has 1 fully saturated rings. The van der Waals surface area contributed by atoms with Crippen LogP contribution in [-0.4, -0.2) is 18.9 Å². The maximum Gasteiger partial charge on any atom is 0.166 e. The molecule has 0 aromatic heterocycles. The van der Waals surface area contributed by atoms with Crippen molar-refractivity contribution in [3.05, 3.63) is 34.9 Å². The van der Waals surface area contributed by atoms with Gasteiger partial charge in [-0.25, -0.2) is 0 Å². The molecule has 0 bridgehead atoms. The molecule has 1 aliphatic heterocycles. The number of carbonyl (C=O) groups excluding carboxylic acids is 1. The van der Waals surface area contributed by atoms with E-state index in [1.54, 1.807) is 0 Å². The fraction of sp³-hybridized carbons (Fsp3) is 0.500. The van der Waals surface area contributed by atoms with E-state index in [4.69, 9.17) is 0 Å². The Morgan fingerprint density at radius 1 is 1.25 bits per heavy atom. The van der Waals surface area contributed by atoms with Crippen molar-refractivity contribution in [1.29, 1.82) is 0 Å². The fourth-order valence-electron chi connectivity index (χ4n) is 2.26. The number of benzene rings is 1. The second-order valence-corrected chi connectivity index (χ2v) is 4.95. The van der Waals surface area contributed by atoms with Gasteiger partial charge < -0.3 is 5.32 Å². The van der Waals surface area contributed by atoms with Crippen LogP contribution in [0.15, 0.2) is 18.2 Å². The number of rotatable bonds is 3. The second kappa shape index (κ2) is 4.38. The highest BCUT2D eigenvalue weighted by atomic mass is 16.1. The third-order valence-corrected chi connectivity index (χ3v) is 3.44. The molecular formula is C14H19NO. The summed E-state index contributed by atoms with van der Waals surface area (Å²) >= 11 is 0. The van der Waals surface area contributed by atoms with Crippen LogP contribution in [0.4, 0.5) is 0 Å². The Morgan fingerprint density at radius 3 is 2.25 bits per heavy atom. The maximum absolute atomic E-state index is 12.3. The van der Waals surface area contributed by atoms with E-state index in [1.165, 1.54) is 11.1 Å². The van der Waals surface area contributed by atoms with Crippen molar-refractivity contribution in [1.82, 2.24) is 5.32 Å². The number of nitrogens with one attached hydrogen (secondary N) is 1. The van der Waals surface area contributed by atoms with Gasteiger partial charge in [-0.2, -0.15) is 0 Å². The lowest BCUT2D eigenvalue weighted by atomic mass is 9.83. The van der Waals surface area contributed by atoms with Crippen LogP contribution in [0.5, 0.6) is 0 Å². The first kappa shape index (κ1) is 11.3. The summed E-state index contributed by atoms with van der Waals surface area (Å²) in [6.45, 7) is 8.10. The summed E-state index contributed by atoms with van der Waals surface area (Å²) in [7, 11) is 0.